The maximum atomic E-state index is 12.6. The third-order valence-electron chi connectivity index (χ3n) is 5.08. The van der Waals surface area contributed by atoms with E-state index in [2.05, 4.69) is 0 Å². The van der Waals surface area contributed by atoms with Crippen LogP contribution in [0.25, 0.3) is 12.2 Å². The first kappa shape index (κ1) is 28.2. The molecule has 3 aromatic rings. The number of ether oxygens (including phenoxy) is 2. The van der Waals surface area contributed by atoms with Crippen molar-refractivity contribution < 1.29 is 45.4 Å². The molecular weight excluding hydrogens is 514 g/mol. The van der Waals surface area contributed by atoms with Crippen LogP contribution in [-0.4, -0.2) is 11.9 Å². The molecule has 3 aromatic carbocycles. The Balaban J connectivity index is 1.42. The van der Waals surface area contributed by atoms with Gasteiger partial charge in [0.25, 0.3) is 0 Å². The van der Waals surface area contributed by atoms with Crippen LogP contribution >= 0.6 is 0 Å². The molecule has 0 spiro atoms. The summed E-state index contributed by atoms with van der Waals surface area (Å²) >= 11 is 0. The van der Waals surface area contributed by atoms with Crippen molar-refractivity contribution >= 4 is 24.1 Å². The molecule has 10 heteroatoms. The van der Waals surface area contributed by atoms with E-state index in [0.717, 1.165) is 36.4 Å². The first-order valence-corrected chi connectivity index (χ1v) is 11.0. The van der Waals surface area contributed by atoms with Crippen LogP contribution in [0.4, 0.5) is 26.3 Å². The van der Waals surface area contributed by atoms with E-state index in [1.807, 2.05) is 0 Å². The van der Waals surface area contributed by atoms with E-state index in [1.54, 1.807) is 24.3 Å². The molecular formula is C28H20F6O4. The van der Waals surface area contributed by atoms with Crippen molar-refractivity contribution in [1.82, 2.24) is 0 Å². The van der Waals surface area contributed by atoms with Gasteiger partial charge >= 0.3 is 24.3 Å². The molecule has 0 amide bonds. The van der Waals surface area contributed by atoms with E-state index >= 15 is 0 Å². The molecule has 198 valence electrons. The maximum Gasteiger partial charge on any atom is 0.416 e. The number of esters is 2. The normalized spacial score (nSPS) is 12.2. The predicted octanol–water partition coefficient (Wildman–Crippen LogP) is 7.24. The van der Waals surface area contributed by atoms with Gasteiger partial charge in [-0.3, -0.25) is 0 Å². The van der Waals surface area contributed by atoms with Gasteiger partial charge in [0.15, 0.2) is 0 Å². The van der Waals surface area contributed by atoms with Crippen molar-refractivity contribution in [2.75, 3.05) is 0 Å². The first-order valence-electron chi connectivity index (χ1n) is 11.0. The molecule has 0 radical (unpaired) electrons. The number of rotatable bonds is 8. The number of alkyl halides is 6. The molecule has 38 heavy (non-hydrogen) atoms. The minimum Gasteiger partial charge on any atom is -0.458 e. The van der Waals surface area contributed by atoms with Crippen LogP contribution in [0.15, 0.2) is 84.9 Å². The zero-order chi connectivity index (χ0) is 27.8. The fraction of sp³-hybridized carbons (Fsp3) is 0.143. The first-order chi connectivity index (χ1) is 17.9. The number of halogens is 6. The second-order valence-corrected chi connectivity index (χ2v) is 7.94. The number of hydrogen-bond donors (Lipinski definition) is 0. The average molecular weight is 534 g/mol. The lowest BCUT2D eigenvalue weighted by molar-refractivity contribution is -0.139. The van der Waals surface area contributed by atoms with Crippen molar-refractivity contribution in [1.29, 1.82) is 0 Å². The zero-order valence-electron chi connectivity index (χ0n) is 19.6. The smallest absolute Gasteiger partial charge is 0.416 e. The molecule has 0 aliphatic carbocycles. The average Bonchev–Trinajstić information content (AvgIpc) is 2.88. The van der Waals surface area contributed by atoms with Gasteiger partial charge in [-0.15, -0.1) is 0 Å². The topological polar surface area (TPSA) is 52.6 Å². The van der Waals surface area contributed by atoms with Crippen molar-refractivity contribution in [3.8, 4) is 0 Å². The molecule has 0 bridgehead atoms. The lowest BCUT2D eigenvalue weighted by Crippen LogP contribution is -2.04. The van der Waals surface area contributed by atoms with Gasteiger partial charge in [-0.05, 0) is 58.7 Å². The lowest BCUT2D eigenvalue weighted by atomic mass is 10.1. The van der Waals surface area contributed by atoms with Gasteiger partial charge < -0.3 is 9.47 Å². The van der Waals surface area contributed by atoms with E-state index in [0.29, 0.717) is 22.3 Å². The highest BCUT2D eigenvalue weighted by molar-refractivity contribution is 5.87. The third kappa shape index (κ3) is 8.95. The summed E-state index contributed by atoms with van der Waals surface area (Å²) in [5.41, 5.74) is 0.540. The highest BCUT2D eigenvalue weighted by Gasteiger charge is 2.30. The summed E-state index contributed by atoms with van der Waals surface area (Å²) in [7, 11) is 0. The molecule has 0 fully saturated rings. The number of carbonyl (C=O) groups excluding carboxylic acids is 2. The van der Waals surface area contributed by atoms with Gasteiger partial charge in [0.1, 0.15) is 13.2 Å². The van der Waals surface area contributed by atoms with Crippen molar-refractivity contribution in [2.24, 2.45) is 0 Å². The van der Waals surface area contributed by atoms with Gasteiger partial charge in [0.05, 0.1) is 11.1 Å². The van der Waals surface area contributed by atoms with Crippen molar-refractivity contribution in [3.05, 3.63) is 118 Å². The largest absolute Gasteiger partial charge is 0.458 e. The van der Waals surface area contributed by atoms with Gasteiger partial charge in [-0.25, -0.2) is 9.59 Å². The summed E-state index contributed by atoms with van der Waals surface area (Å²) in [6, 6.07) is 15.3. The fourth-order valence-corrected chi connectivity index (χ4v) is 3.03. The second kappa shape index (κ2) is 12.3. The molecule has 0 heterocycles. The van der Waals surface area contributed by atoms with E-state index in [1.165, 1.54) is 36.4 Å². The Bertz CT molecular complexity index is 1190. The highest BCUT2D eigenvalue weighted by Crippen LogP contribution is 2.30. The van der Waals surface area contributed by atoms with Gasteiger partial charge in [-0.2, -0.15) is 26.3 Å². The quantitative estimate of drug-likeness (QED) is 0.174. The predicted molar refractivity (Wildman–Crippen MR) is 127 cm³/mol. The summed E-state index contributed by atoms with van der Waals surface area (Å²) in [5.74, 6) is -1.36. The Kier molecular flexibility index (Phi) is 9.11. The minimum atomic E-state index is -4.44. The minimum absolute atomic E-state index is 0.0495. The SMILES string of the molecule is O=C(C=Cc1ccc(C(F)(F)F)cc1)OCc1ccc(COC(=O)C=Cc2ccc(C(F)(F)F)cc2)cc1. The Morgan fingerprint density at radius 3 is 1.16 bits per heavy atom. The molecule has 0 unspecified atom stereocenters. The molecule has 0 atom stereocenters. The monoisotopic (exact) mass is 534 g/mol. The molecule has 0 saturated carbocycles. The van der Waals surface area contributed by atoms with Crippen LogP contribution < -0.4 is 0 Å². The summed E-state index contributed by atoms with van der Waals surface area (Å²) in [5, 5.41) is 0. The molecule has 0 aromatic heterocycles. The van der Waals surface area contributed by atoms with E-state index in [-0.39, 0.29) is 13.2 Å². The Hall–Kier alpha value is -4.34. The van der Waals surface area contributed by atoms with Crippen molar-refractivity contribution in [3.63, 3.8) is 0 Å². The van der Waals surface area contributed by atoms with Gasteiger partial charge in [0.2, 0.25) is 0 Å². The molecule has 4 nitrogen and oxygen atoms in total. The molecule has 3 rings (SSSR count). The zero-order valence-corrected chi connectivity index (χ0v) is 19.6. The van der Waals surface area contributed by atoms with E-state index in [4.69, 9.17) is 9.47 Å². The Labute approximate surface area is 213 Å². The summed E-state index contributed by atoms with van der Waals surface area (Å²) in [6.07, 6.45) is -3.98. The Morgan fingerprint density at radius 1 is 0.553 bits per heavy atom. The van der Waals surface area contributed by atoms with Crippen LogP contribution in [0.1, 0.15) is 33.4 Å². The van der Waals surface area contributed by atoms with Crippen LogP contribution in [-0.2, 0) is 44.6 Å². The second-order valence-electron chi connectivity index (χ2n) is 7.94. The van der Waals surface area contributed by atoms with Crippen LogP contribution in [0.5, 0.6) is 0 Å². The summed E-state index contributed by atoms with van der Waals surface area (Å²) < 4.78 is 85.7. The summed E-state index contributed by atoms with van der Waals surface area (Å²) in [4.78, 5) is 23.8. The number of hydrogen-bond acceptors (Lipinski definition) is 4. The van der Waals surface area contributed by atoms with Gasteiger partial charge in [0, 0.05) is 12.2 Å². The van der Waals surface area contributed by atoms with E-state index < -0.39 is 35.4 Å². The molecule has 0 saturated heterocycles. The number of benzene rings is 3. The van der Waals surface area contributed by atoms with Crippen LogP contribution in [0, 0.1) is 0 Å². The fourth-order valence-electron chi connectivity index (χ4n) is 3.03. The standard InChI is InChI=1S/C28H20F6O4/c29-27(30,31)23-11-5-19(6-12-23)9-15-25(35)37-17-21-1-2-22(4-3-21)18-38-26(36)16-10-20-7-13-24(14-8-20)28(32,33)34/h1-16H,17-18H2. The van der Waals surface area contributed by atoms with Crippen LogP contribution in [0.3, 0.4) is 0 Å². The maximum absolute atomic E-state index is 12.6. The molecule has 0 aliphatic heterocycles. The van der Waals surface area contributed by atoms with E-state index in [9.17, 15) is 35.9 Å². The highest BCUT2D eigenvalue weighted by atomic mass is 19.4. The lowest BCUT2D eigenvalue weighted by Gasteiger charge is -2.06. The summed E-state index contributed by atoms with van der Waals surface area (Å²) in [6.45, 7) is -0.0990. The Morgan fingerprint density at radius 2 is 0.868 bits per heavy atom. The van der Waals surface area contributed by atoms with Gasteiger partial charge in [-0.1, -0.05) is 48.5 Å². The van der Waals surface area contributed by atoms with Crippen LogP contribution in [0.2, 0.25) is 0 Å². The number of carbonyl (C=O) groups is 2. The third-order valence-corrected chi connectivity index (χ3v) is 5.08. The molecule has 0 aliphatic rings. The van der Waals surface area contributed by atoms with Crippen molar-refractivity contribution in [2.45, 2.75) is 25.6 Å². The molecule has 0 N–H and O–H groups in total.